The number of hydrogen-bond acceptors (Lipinski definition) is 3. The number of para-hydroxylation sites is 1. The molecule has 2 aromatic rings. The third kappa shape index (κ3) is 3.44. The monoisotopic (exact) mass is 322 g/mol. The van der Waals surface area contributed by atoms with Gasteiger partial charge in [0.15, 0.2) is 0 Å². The molecule has 1 aromatic heterocycles. The molecular formula is C14H15BrN2O2. The largest absolute Gasteiger partial charge is 0.444 e. The van der Waals surface area contributed by atoms with Crippen LogP contribution >= 0.6 is 15.9 Å². The molecule has 5 heteroatoms. The van der Waals surface area contributed by atoms with Gasteiger partial charge in [-0.1, -0.05) is 28.1 Å². The number of ether oxygens (including phenoxy) is 1. The number of anilines is 1. The van der Waals surface area contributed by atoms with Gasteiger partial charge >= 0.3 is 6.09 Å². The van der Waals surface area contributed by atoms with Crippen LogP contribution in [0.5, 0.6) is 0 Å². The molecule has 1 heterocycles. The van der Waals surface area contributed by atoms with Crippen LogP contribution in [0.4, 0.5) is 10.5 Å². The lowest BCUT2D eigenvalue weighted by Crippen LogP contribution is -2.27. The van der Waals surface area contributed by atoms with Crippen LogP contribution < -0.4 is 5.32 Å². The Hall–Kier alpha value is -1.62. The molecule has 0 radical (unpaired) electrons. The first-order chi connectivity index (χ1) is 8.87. The highest BCUT2D eigenvalue weighted by Gasteiger charge is 2.17. The quantitative estimate of drug-likeness (QED) is 0.849. The number of amides is 1. The van der Waals surface area contributed by atoms with Crippen molar-refractivity contribution in [2.24, 2.45) is 0 Å². The molecule has 1 N–H and O–H groups in total. The van der Waals surface area contributed by atoms with Gasteiger partial charge in [0.05, 0.1) is 11.2 Å². The molecule has 0 aliphatic rings. The number of nitrogens with one attached hydrogen (secondary N) is 1. The van der Waals surface area contributed by atoms with Gasteiger partial charge in [0, 0.05) is 16.1 Å². The molecule has 1 amide bonds. The van der Waals surface area contributed by atoms with Crippen LogP contribution in [0, 0.1) is 0 Å². The van der Waals surface area contributed by atoms with Crippen LogP contribution in [0.15, 0.2) is 34.9 Å². The summed E-state index contributed by atoms with van der Waals surface area (Å²) in [6.45, 7) is 5.47. The van der Waals surface area contributed by atoms with E-state index in [-0.39, 0.29) is 0 Å². The fraction of sp³-hybridized carbons (Fsp3) is 0.286. The lowest BCUT2D eigenvalue weighted by Gasteiger charge is -2.20. The summed E-state index contributed by atoms with van der Waals surface area (Å²) in [4.78, 5) is 16.1. The average Bonchev–Trinajstić information content (AvgIpc) is 2.28. The van der Waals surface area contributed by atoms with Gasteiger partial charge in [0.1, 0.15) is 5.60 Å². The Bertz CT molecular complexity index is 620. The Morgan fingerprint density at radius 1 is 1.32 bits per heavy atom. The Labute approximate surface area is 120 Å². The molecule has 0 saturated heterocycles. The van der Waals surface area contributed by atoms with Crippen molar-refractivity contribution in [3.63, 3.8) is 0 Å². The number of aromatic nitrogens is 1. The Morgan fingerprint density at radius 2 is 2.05 bits per heavy atom. The summed E-state index contributed by atoms with van der Waals surface area (Å²) in [5, 5.41) is 3.66. The minimum Gasteiger partial charge on any atom is -0.444 e. The fourth-order valence-electron chi connectivity index (χ4n) is 1.66. The number of carbonyl (C=O) groups excluding carboxylic acids is 1. The van der Waals surface area contributed by atoms with Gasteiger partial charge in [0.25, 0.3) is 0 Å². The van der Waals surface area contributed by atoms with Crippen molar-refractivity contribution < 1.29 is 9.53 Å². The number of carbonyl (C=O) groups is 1. The summed E-state index contributed by atoms with van der Waals surface area (Å²) >= 11 is 3.46. The van der Waals surface area contributed by atoms with Gasteiger partial charge in [-0.3, -0.25) is 10.3 Å². The molecule has 0 unspecified atom stereocenters. The maximum atomic E-state index is 11.8. The number of hydrogen-bond donors (Lipinski definition) is 1. The van der Waals surface area contributed by atoms with Gasteiger partial charge in [0.2, 0.25) is 0 Å². The zero-order valence-corrected chi connectivity index (χ0v) is 12.6. The lowest BCUT2D eigenvalue weighted by atomic mass is 10.2. The van der Waals surface area contributed by atoms with Gasteiger partial charge in [-0.15, -0.1) is 0 Å². The average molecular weight is 323 g/mol. The van der Waals surface area contributed by atoms with E-state index in [0.29, 0.717) is 5.69 Å². The van der Waals surface area contributed by atoms with Gasteiger partial charge in [-0.05, 0) is 32.9 Å². The van der Waals surface area contributed by atoms with E-state index >= 15 is 0 Å². The maximum Gasteiger partial charge on any atom is 0.412 e. The maximum absolute atomic E-state index is 11.8. The first-order valence-corrected chi connectivity index (χ1v) is 6.69. The van der Waals surface area contributed by atoms with E-state index < -0.39 is 11.7 Å². The summed E-state index contributed by atoms with van der Waals surface area (Å²) in [6.07, 6.45) is 1.20. The second kappa shape index (κ2) is 5.17. The number of nitrogens with zero attached hydrogens (tertiary/aromatic N) is 1. The summed E-state index contributed by atoms with van der Waals surface area (Å²) in [6, 6.07) is 7.46. The molecule has 1 aromatic carbocycles. The Morgan fingerprint density at radius 3 is 2.74 bits per heavy atom. The van der Waals surface area contributed by atoms with E-state index in [9.17, 15) is 4.79 Å². The van der Waals surface area contributed by atoms with Crippen molar-refractivity contribution in [2.75, 3.05) is 5.32 Å². The molecule has 0 aliphatic carbocycles. The number of fused-ring (bicyclic) bond motifs is 1. The number of pyridine rings is 1. The van der Waals surface area contributed by atoms with Crippen molar-refractivity contribution in [1.29, 1.82) is 0 Å². The van der Waals surface area contributed by atoms with Crippen molar-refractivity contribution in [1.82, 2.24) is 4.98 Å². The van der Waals surface area contributed by atoms with E-state index in [1.165, 1.54) is 0 Å². The van der Waals surface area contributed by atoms with Crippen molar-refractivity contribution in [3.8, 4) is 0 Å². The summed E-state index contributed by atoms with van der Waals surface area (Å²) in [7, 11) is 0. The normalized spacial score (nSPS) is 11.4. The molecule has 0 aliphatic heterocycles. The molecule has 2 rings (SSSR count). The summed E-state index contributed by atoms with van der Waals surface area (Å²) in [5.74, 6) is 0. The fourth-order valence-corrected chi connectivity index (χ4v) is 2.09. The summed E-state index contributed by atoms with van der Waals surface area (Å²) in [5.41, 5.74) is 0.832. The molecule has 0 atom stereocenters. The third-order valence-corrected chi connectivity index (χ3v) is 3.04. The van der Waals surface area contributed by atoms with E-state index in [0.717, 1.165) is 15.4 Å². The van der Waals surface area contributed by atoms with Crippen LogP contribution in [0.2, 0.25) is 0 Å². The van der Waals surface area contributed by atoms with Crippen molar-refractivity contribution in [2.45, 2.75) is 26.4 Å². The molecule has 0 bridgehead atoms. The van der Waals surface area contributed by atoms with Crippen LogP contribution in [0.25, 0.3) is 10.9 Å². The predicted molar refractivity (Wildman–Crippen MR) is 79.3 cm³/mol. The first kappa shape index (κ1) is 13.8. The molecule has 0 spiro atoms. The van der Waals surface area contributed by atoms with E-state index in [1.54, 1.807) is 12.3 Å². The van der Waals surface area contributed by atoms with Crippen molar-refractivity contribution >= 4 is 38.6 Å². The van der Waals surface area contributed by atoms with Crippen LogP contribution in [0.3, 0.4) is 0 Å². The minimum absolute atomic E-state index is 0.484. The highest BCUT2D eigenvalue weighted by molar-refractivity contribution is 9.10. The predicted octanol–water partition coefficient (Wildman–Crippen LogP) is 4.34. The first-order valence-electron chi connectivity index (χ1n) is 5.90. The Kier molecular flexibility index (Phi) is 3.75. The molecule has 0 fully saturated rings. The Balaban J connectivity index is 2.31. The number of rotatable bonds is 1. The topological polar surface area (TPSA) is 51.2 Å². The minimum atomic E-state index is -0.525. The van der Waals surface area contributed by atoms with Crippen LogP contribution in [-0.4, -0.2) is 16.7 Å². The zero-order chi connectivity index (χ0) is 14.0. The van der Waals surface area contributed by atoms with Crippen molar-refractivity contribution in [3.05, 3.63) is 34.9 Å². The van der Waals surface area contributed by atoms with Crippen LogP contribution in [0.1, 0.15) is 20.8 Å². The third-order valence-electron chi connectivity index (χ3n) is 2.35. The number of benzene rings is 1. The van der Waals surface area contributed by atoms with E-state index in [4.69, 9.17) is 4.74 Å². The van der Waals surface area contributed by atoms with E-state index in [1.807, 2.05) is 39.0 Å². The van der Waals surface area contributed by atoms with Gasteiger partial charge < -0.3 is 4.74 Å². The lowest BCUT2D eigenvalue weighted by molar-refractivity contribution is 0.0636. The standard InChI is InChI=1S/C14H15BrN2O2/c1-14(2,3)19-13(18)17-11-6-4-5-9-10(15)7-8-16-12(9)11/h4-8H,1-3H3,(H,17,18). The van der Waals surface area contributed by atoms with Gasteiger partial charge in [-0.25, -0.2) is 4.79 Å². The molecular weight excluding hydrogens is 308 g/mol. The molecule has 19 heavy (non-hydrogen) atoms. The highest BCUT2D eigenvalue weighted by atomic mass is 79.9. The van der Waals surface area contributed by atoms with Crippen LogP contribution in [-0.2, 0) is 4.74 Å². The SMILES string of the molecule is CC(C)(C)OC(=O)Nc1cccc2c(Br)ccnc12. The molecule has 0 saturated carbocycles. The van der Waals surface area contributed by atoms with Gasteiger partial charge in [-0.2, -0.15) is 0 Å². The number of halogens is 1. The summed E-state index contributed by atoms with van der Waals surface area (Å²) < 4.78 is 6.17. The smallest absolute Gasteiger partial charge is 0.412 e. The highest BCUT2D eigenvalue weighted by Crippen LogP contribution is 2.27. The molecule has 4 nitrogen and oxygen atoms in total. The second-order valence-corrected chi connectivity index (χ2v) is 5.98. The van der Waals surface area contributed by atoms with E-state index in [2.05, 4.69) is 26.2 Å². The molecule has 100 valence electrons. The zero-order valence-electron chi connectivity index (χ0n) is 11.0. The second-order valence-electron chi connectivity index (χ2n) is 5.12.